The number of rotatable bonds is 3. The fourth-order valence-electron chi connectivity index (χ4n) is 4.11. The molecule has 0 bridgehead atoms. The molecule has 2 heterocycles. The van der Waals surface area contributed by atoms with Crippen molar-refractivity contribution in [1.82, 2.24) is 10.2 Å². The van der Waals surface area contributed by atoms with Crippen molar-refractivity contribution in [2.24, 2.45) is 11.8 Å². The number of benzene rings is 1. The van der Waals surface area contributed by atoms with Crippen molar-refractivity contribution < 1.29 is 4.79 Å². The monoisotopic (exact) mass is 336 g/mol. The number of carbonyl (C=O) groups excluding carboxylic acids is 1. The van der Waals surface area contributed by atoms with Crippen molar-refractivity contribution in [2.45, 2.75) is 38.5 Å². The summed E-state index contributed by atoms with van der Waals surface area (Å²) < 4.78 is 0. The van der Waals surface area contributed by atoms with E-state index in [1.165, 1.54) is 5.56 Å². The maximum Gasteiger partial charge on any atom is 0.225 e. The standard InChI is InChI=1S/C19H28N2O.ClH/c1-2-15-14-21(19(22)17-8-11-20-12-9-17)13-10-18(15)16-6-4-3-5-7-16;/h3-7,15,17-18,20H,2,8-14H2,1H3;1H. The van der Waals surface area contributed by atoms with E-state index in [2.05, 4.69) is 47.5 Å². The van der Waals surface area contributed by atoms with Crippen LogP contribution < -0.4 is 5.32 Å². The number of likely N-dealkylation sites (tertiary alicyclic amines) is 1. The molecule has 0 saturated carbocycles. The molecular weight excluding hydrogens is 308 g/mol. The average Bonchev–Trinajstić information content (AvgIpc) is 2.62. The second-order valence-corrected chi connectivity index (χ2v) is 6.78. The lowest BCUT2D eigenvalue weighted by Crippen LogP contribution is -2.47. The second-order valence-electron chi connectivity index (χ2n) is 6.78. The van der Waals surface area contributed by atoms with Crippen molar-refractivity contribution in [3.05, 3.63) is 35.9 Å². The van der Waals surface area contributed by atoms with E-state index in [1.54, 1.807) is 0 Å². The first-order valence-electron chi connectivity index (χ1n) is 8.84. The highest BCUT2D eigenvalue weighted by molar-refractivity contribution is 5.85. The first kappa shape index (κ1) is 18.3. The van der Waals surface area contributed by atoms with Gasteiger partial charge in [-0.1, -0.05) is 43.7 Å². The molecule has 128 valence electrons. The predicted molar refractivity (Wildman–Crippen MR) is 97.0 cm³/mol. The highest BCUT2D eigenvalue weighted by Gasteiger charge is 2.34. The number of carbonyl (C=O) groups is 1. The molecule has 1 amide bonds. The molecule has 0 spiro atoms. The molecule has 3 nitrogen and oxygen atoms in total. The van der Waals surface area contributed by atoms with Gasteiger partial charge in [0.05, 0.1) is 0 Å². The molecular formula is C19H29ClN2O. The third-order valence-corrected chi connectivity index (χ3v) is 5.49. The van der Waals surface area contributed by atoms with Crippen molar-refractivity contribution in [3.8, 4) is 0 Å². The molecule has 1 N–H and O–H groups in total. The average molecular weight is 337 g/mol. The van der Waals surface area contributed by atoms with E-state index in [1.807, 2.05) is 0 Å². The Bertz CT molecular complexity index is 487. The first-order valence-corrected chi connectivity index (χ1v) is 8.84. The fraction of sp³-hybridized carbons (Fsp3) is 0.632. The van der Waals surface area contributed by atoms with Crippen LogP contribution in [0, 0.1) is 11.8 Å². The van der Waals surface area contributed by atoms with E-state index < -0.39 is 0 Å². The zero-order chi connectivity index (χ0) is 15.4. The van der Waals surface area contributed by atoms with Crippen LogP contribution in [0.2, 0.25) is 0 Å². The minimum atomic E-state index is 0. The number of nitrogens with zero attached hydrogens (tertiary/aromatic N) is 1. The van der Waals surface area contributed by atoms with Gasteiger partial charge in [0, 0.05) is 19.0 Å². The maximum atomic E-state index is 12.8. The molecule has 2 saturated heterocycles. The van der Waals surface area contributed by atoms with Gasteiger partial charge in [0.2, 0.25) is 5.91 Å². The molecule has 1 aromatic rings. The summed E-state index contributed by atoms with van der Waals surface area (Å²) >= 11 is 0. The molecule has 23 heavy (non-hydrogen) atoms. The van der Waals surface area contributed by atoms with Crippen LogP contribution in [-0.4, -0.2) is 37.0 Å². The van der Waals surface area contributed by atoms with Gasteiger partial charge in [-0.3, -0.25) is 4.79 Å². The Labute approximate surface area is 146 Å². The van der Waals surface area contributed by atoms with Gasteiger partial charge in [0.1, 0.15) is 0 Å². The number of halogens is 1. The molecule has 0 radical (unpaired) electrons. The molecule has 2 unspecified atom stereocenters. The zero-order valence-corrected chi connectivity index (χ0v) is 14.9. The Kier molecular flexibility index (Phi) is 6.91. The van der Waals surface area contributed by atoms with Gasteiger partial charge in [-0.15, -0.1) is 12.4 Å². The Balaban J connectivity index is 0.00000192. The van der Waals surface area contributed by atoms with Gasteiger partial charge in [-0.05, 0) is 49.8 Å². The largest absolute Gasteiger partial charge is 0.342 e. The van der Waals surface area contributed by atoms with Crippen LogP contribution in [0.4, 0.5) is 0 Å². The van der Waals surface area contributed by atoms with Crippen LogP contribution in [0.25, 0.3) is 0 Å². The summed E-state index contributed by atoms with van der Waals surface area (Å²) in [5, 5.41) is 3.35. The van der Waals surface area contributed by atoms with Gasteiger partial charge in [-0.2, -0.15) is 0 Å². The van der Waals surface area contributed by atoms with Gasteiger partial charge >= 0.3 is 0 Å². The van der Waals surface area contributed by atoms with E-state index in [4.69, 9.17) is 0 Å². The molecule has 3 rings (SSSR count). The summed E-state index contributed by atoms with van der Waals surface area (Å²) in [4.78, 5) is 14.9. The molecule has 0 aliphatic carbocycles. The number of piperidine rings is 2. The second kappa shape index (κ2) is 8.70. The number of nitrogens with one attached hydrogen (secondary N) is 1. The molecule has 2 aliphatic rings. The molecule has 2 aliphatic heterocycles. The van der Waals surface area contributed by atoms with E-state index >= 15 is 0 Å². The number of amides is 1. The normalized spacial score (nSPS) is 25.7. The highest BCUT2D eigenvalue weighted by atomic mass is 35.5. The smallest absolute Gasteiger partial charge is 0.225 e. The lowest BCUT2D eigenvalue weighted by atomic mass is 9.78. The predicted octanol–water partition coefficient (Wildman–Crippen LogP) is 3.45. The molecule has 2 fully saturated rings. The Morgan fingerprint density at radius 2 is 1.87 bits per heavy atom. The summed E-state index contributed by atoms with van der Waals surface area (Å²) in [6, 6.07) is 10.8. The van der Waals surface area contributed by atoms with Crippen LogP contribution in [0.3, 0.4) is 0 Å². The molecule has 1 aromatic carbocycles. The summed E-state index contributed by atoms with van der Waals surface area (Å²) in [5.74, 6) is 1.88. The summed E-state index contributed by atoms with van der Waals surface area (Å²) in [7, 11) is 0. The molecule has 0 aromatic heterocycles. The Morgan fingerprint density at radius 1 is 1.17 bits per heavy atom. The topological polar surface area (TPSA) is 32.3 Å². The third kappa shape index (κ3) is 4.27. The van der Waals surface area contributed by atoms with Gasteiger partial charge in [0.15, 0.2) is 0 Å². The van der Waals surface area contributed by atoms with Gasteiger partial charge < -0.3 is 10.2 Å². The van der Waals surface area contributed by atoms with Crippen molar-refractivity contribution in [2.75, 3.05) is 26.2 Å². The maximum absolute atomic E-state index is 12.8. The highest BCUT2D eigenvalue weighted by Crippen LogP contribution is 2.35. The molecule has 2 atom stereocenters. The SMILES string of the molecule is CCC1CN(C(=O)C2CCNCC2)CCC1c1ccccc1.Cl. The van der Waals surface area contributed by atoms with E-state index in [0.717, 1.165) is 51.9 Å². The lowest BCUT2D eigenvalue weighted by Gasteiger charge is -2.40. The fourth-order valence-corrected chi connectivity index (χ4v) is 4.11. The van der Waals surface area contributed by atoms with Crippen LogP contribution in [-0.2, 0) is 4.79 Å². The van der Waals surface area contributed by atoms with Crippen LogP contribution in [0.15, 0.2) is 30.3 Å². The summed E-state index contributed by atoms with van der Waals surface area (Å²) in [6.45, 7) is 6.12. The quantitative estimate of drug-likeness (QED) is 0.917. The Hall–Kier alpha value is -1.06. The van der Waals surface area contributed by atoms with E-state index in [9.17, 15) is 4.79 Å². The first-order chi connectivity index (χ1) is 10.8. The molecule has 4 heteroatoms. The summed E-state index contributed by atoms with van der Waals surface area (Å²) in [6.07, 6.45) is 4.28. The Morgan fingerprint density at radius 3 is 2.52 bits per heavy atom. The van der Waals surface area contributed by atoms with Crippen LogP contribution in [0.5, 0.6) is 0 Å². The van der Waals surface area contributed by atoms with Crippen LogP contribution >= 0.6 is 12.4 Å². The van der Waals surface area contributed by atoms with Gasteiger partial charge in [-0.25, -0.2) is 0 Å². The van der Waals surface area contributed by atoms with E-state index in [0.29, 0.717) is 17.7 Å². The van der Waals surface area contributed by atoms with Crippen molar-refractivity contribution >= 4 is 18.3 Å². The number of hydrogen-bond acceptors (Lipinski definition) is 2. The van der Waals surface area contributed by atoms with Crippen molar-refractivity contribution in [1.29, 1.82) is 0 Å². The van der Waals surface area contributed by atoms with E-state index in [-0.39, 0.29) is 18.3 Å². The summed E-state index contributed by atoms with van der Waals surface area (Å²) in [5.41, 5.74) is 1.45. The third-order valence-electron chi connectivity index (χ3n) is 5.49. The van der Waals surface area contributed by atoms with Crippen LogP contribution in [0.1, 0.15) is 44.1 Å². The minimum absolute atomic E-state index is 0. The minimum Gasteiger partial charge on any atom is -0.342 e. The zero-order valence-electron chi connectivity index (χ0n) is 14.0. The lowest BCUT2D eigenvalue weighted by molar-refractivity contribution is -0.138. The van der Waals surface area contributed by atoms with Crippen molar-refractivity contribution in [3.63, 3.8) is 0 Å². The van der Waals surface area contributed by atoms with Gasteiger partial charge in [0.25, 0.3) is 0 Å². The number of hydrogen-bond donors (Lipinski definition) is 1.